The number of thiophene rings is 1. The van der Waals surface area contributed by atoms with Gasteiger partial charge in [0, 0.05) is 20.7 Å². The molecule has 7 heteroatoms. The zero-order valence-corrected chi connectivity index (χ0v) is 13.5. The second-order valence-corrected chi connectivity index (χ2v) is 6.85. The second kappa shape index (κ2) is 5.59. The molecule has 0 saturated heterocycles. The van der Waals surface area contributed by atoms with E-state index >= 15 is 0 Å². The third-order valence-corrected chi connectivity index (χ3v) is 4.66. The quantitative estimate of drug-likeness (QED) is 0.682. The third kappa shape index (κ3) is 2.75. The van der Waals surface area contributed by atoms with Crippen molar-refractivity contribution in [1.29, 1.82) is 0 Å². The van der Waals surface area contributed by atoms with Gasteiger partial charge in [0.1, 0.15) is 0 Å². The lowest BCUT2D eigenvalue weighted by molar-refractivity contribution is -0.136. The van der Waals surface area contributed by atoms with Crippen molar-refractivity contribution in [3.8, 4) is 11.3 Å². The highest BCUT2D eigenvalue weighted by atomic mass is 32.1. The van der Waals surface area contributed by atoms with Crippen molar-refractivity contribution in [2.45, 2.75) is 20.0 Å². The Morgan fingerprint density at radius 3 is 2.46 bits per heavy atom. The average Bonchev–Trinajstić information content (AvgIpc) is 2.83. The Morgan fingerprint density at radius 2 is 1.92 bits per heavy atom. The number of para-hydroxylation sites is 1. The molecule has 124 valence electrons. The molecular formula is C17H12F3NO2S. The number of halogens is 3. The van der Waals surface area contributed by atoms with Crippen LogP contribution in [0.1, 0.15) is 25.7 Å². The molecule has 0 radical (unpaired) electrons. The average molecular weight is 351 g/mol. The summed E-state index contributed by atoms with van der Waals surface area (Å²) in [5.41, 5.74) is -0.584. The van der Waals surface area contributed by atoms with Gasteiger partial charge in [0.25, 0.3) is 0 Å². The molecule has 0 fully saturated rings. The molecule has 3 rings (SSSR count). The fourth-order valence-corrected chi connectivity index (χ4v) is 3.61. The van der Waals surface area contributed by atoms with Gasteiger partial charge in [-0.15, -0.1) is 11.3 Å². The number of aryl methyl sites for hydroxylation is 2. The van der Waals surface area contributed by atoms with Gasteiger partial charge in [-0.25, -0.2) is 9.78 Å². The molecule has 1 aromatic carbocycles. The first-order valence-corrected chi connectivity index (χ1v) is 7.82. The molecule has 0 unspecified atom stereocenters. The molecule has 2 aromatic heterocycles. The number of pyridine rings is 1. The molecule has 0 amide bonds. The molecule has 1 N–H and O–H groups in total. The highest BCUT2D eigenvalue weighted by Crippen LogP contribution is 2.37. The first-order chi connectivity index (χ1) is 11.2. The normalized spacial score (nSPS) is 11.9. The van der Waals surface area contributed by atoms with Crippen LogP contribution in [-0.2, 0) is 6.18 Å². The van der Waals surface area contributed by atoms with Crippen LogP contribution >= 0.6 is 11.3 Å². The minimum atomic E-state index is -4.61. The number of carboxylic acid groups (broad SMARTS) is 1. The van der Waals surface area contributed by atoms with E-state index in [1.807, 2.05) is 13.8 Å². The number of hydrogen-bond donors (Lipinski definition) is 1. The van der Waals surface area contributed by atoms with E-state index in [4.69, 9.17) is 0 Å². The van der Waals surface area contributed by atoms with Crippen molar-refractivity contribution in [2.75, 3.05) is 0 Å². The molecule has 0 atom stereocenters. The Labute approximate surface area is 139 Å². The van der Waals surface area contributed by atoms with Gasteiger partial charge in [0.15, 0.2) is 0 Å². The summed E-state index contributed by atoms with van der Waals surface area (Å²) in [5, 5.41) is 9.39. The third-order valence-electron chi connectivity index (χ3n) is 3.69. The zero-order chi connectivity index (χ0) is 17.6. The molecule has 0 aliphatic rings. The van der Waals surface area contributed by atoms with E-state index < -0.39 is 17.7 Å². The topological polar surface area (TPSA) is 50.2 Å². The molecule has 3 nitrogen and oxygen atoms in total. The van der Waals surface area contributed by atoms with Crippen LogP contribution in [-0.4, -0.2) is 16.1 Å². The number of aromatic nitrogens is 1. The lowest BCUT2D eigenvalue weighted by Crippen LogP contribution is -2.09. The van der Waals surface area contributed by atoms with Gasteiger partial charge < -0.3 is 5.11 Å². The summed E-state index contributed by atoms with van der Waals surface area (Å²) in [6.07, 6.45) is -4.61. The Balaban J connectivity index is 2.41. The summed E-state index contributed by atoms with van der Waals surface area (Å²) in [6, 6.07) is 6.58. The Hall–Kier alpha value is -2.41. The fourth-order valence-electron chi connectivity index (χ4n) is 2.68. The maximum atomic E-state index is 13.3. The van der Waals surface area contributed by atoms with Gasteiger partial charge in [-0.1, -0.05) is 12.1 Å². The Bertz CT molecular complexity index is 960. The van der Waals surface area contributed by atoms with E-state index in [1.54, 1.807) is 6.07 Å². The lowest BCUT2D eigenvalue weighted by atomic mass is 10.0. The van der Waals surface area contributed by atoms with E-state index in [9.17, 15) is 23.1 Å². The van der Waals surface area contributed by atoms with Crippen LogP contribution in [0, 0.1) is 13.8 Å². The summed E-state index contributed by atoms with van der Waals surface area (Å²) < 4.78 is 39.8. The molecule has 2 heterocycles. The summed E-state index contributed by atoms with van der Waals surface area (Å²) in [5.74, 6) is -1.28. The van der Waals surface area contributed by atoms with Crippen LogP contribution in [0.25, 0.3) is 22.2 Å². The lowest BCUT2D eigenvalue weighted by Gasteiger charge is -2.12. The predicted octanol–water partition coefficient (Wildman–Crippen LogP) is 5.30. The van der Waals surface area contributed by atoms with E-state index in [0.29, 0.717) is 5.56 Å². The number of nitrogens with zero attached hydrogens (tertiary/aromatic N) is 1. The molecule has 0 aliphatic carbocycles. The summed E-state index contributed by atoms with van der Waals surface area (Å²) in [6.45, 7) is 3.70. The standard InChI is InChI=1S/C17H12F3NO2S/c1-8-6-11(9(2)24-8)14-7-12(16(22)23)10-4-3-5-13(15(10)21-14)17(18,19)20/h3-7H,1-2H3,(H,22,23). The smallest absolute Gasteiger partial charge is 0.418 e. The maximum absolute atomic E-state index is 13.3. The van der Waals surface area contributed by atoms with Crippen LogP contribution < -0.4 is 0 Å². The van der Waals surface area contributed by atoms with Crippen LogP contribution in [0.2, 0.25) is 0 Å². The molecule has 0 saturated carbocycles. The van der Waals surface area contributed by atoms with Gasteiger partial charge in [-0.05, 0) is 32.0 Å². The Kier molecular flexibility index (Phi) is 3.83. The van der Waals surface area contributed by atoms with E-state index in [0.717, 1.165) is 15.8 Å². The van der Waals surface area contributed by atoms with Crippen LogP contribution in [0.5, 0.6) is 0 Å². The van der Waals surface area contributed by atoms with Gasteiger partial charge in [-0.3, -0.25) is 0 Å². The molecule has 0 bridgehead atoms. The van der Waals surface area contributed by atoms with Crippen molar-refractivity contribution < 1.29 is 23.1 Å². The second-order valence-electron chi connectivity index (χ2n) is 5.39. The van der Waals surface area contributed by atoms with Crippen molar-refractivity contribution in [1.82, 2.24) is 4.98 Å². The number of carboxylic acids is 1. The number of carbonyl (C=O) groups is 1. The summed E-state index contributed by atoms with van der Waals surface area (Å²) >= 11 is 1.48. The zero-order valence-electron chi connectivity index (χ0n) is 12.7. The number of hydrogen-bond acceptors (Lipinski definition) is 3. The van der Waals surface area contributed by atoms with Gasteiger partial charge >= 0.3 is 12.1 Å². The van der Waals surface area contributed by atoms with Crippen LogP contribution in [0.4, 0.5) is 13.2 Å². The summed E-state index contributed by atoms with van der Waals surface area (Å²) in [7, 11) is 0. The minimum absolute atomic E-state index is 0.0225. The van der Waals surface area contributed by atoms with Crippen molar-refractivity contribution in [3.05, 3.63) is 51.2 Å². The molecule has 24 heavy (non-hydrogen) atoms. The SMILES string of the molecule is Cc1cc(-c2cc(C(=O)O)c3cccc(C(F)(F)F)c3n2)c(C)s1. The first kappa shape index (κ1) is 16.4. The Morgan fingerprint density at radius 1 is 1.21 bits per heavy atom. The fraction of sp³-hybridized carbons (Fsp3) is 0.176. The highest BCUT2D eigenvalue weighted by molar-refractivity contribution is 7.12. The van der Waals surface area contributed by atoms with E-state index in [2.05, 4.69) is 4.98 Å². The number of fused-ring (bicyclic) bond motifs is 1. The summed E-state index contributed by atoms with van der Waals surface area (Å²) in [4.78, 5) is 17.5. The molecule has 0 aliphatic heterocycles. The van der Waals surface area contributed by atoms with E-state index in [1.165, 1.54) is 29.5 Å². The van der Waals surface area contributed by atoms with Crippen LogP contribution in [0.3, 0.4) is 0 Å². The molecular weight excluding hydrogens is 339 g/mol. The molecule has 0 spiro atoms. The maximum Gasteiger partial charge on any atom is 0.418 e. The number of aromatic carboxylic acids is 1. The number of alkyl halides is 3. The van der Waals surface area contributed by atoms with Crippen molar-refractivity contribution >= 4 is 28.2 Å². The monoisotopic (exact) mass is 351 g/mol. The predicted molar refractivity (Wildman–Crippen MR) is 86.5 cm³/mol. The van der Waals surface area contributed by atoms with Crippen molar-refractivity contribution in [2.24, 2.45) is 0 Å². The highest BCUT2D eigenvalue weighted by Gasteiger charge is 2.34. The van der Waals surface area contributed by atoms with Crippen molar-refractivity contribution in [3.63, 3.8) is 0 Å². The van der Waals surface area contributed by atoms with E-state index in [-0.39, 0.29) is 22.2 Å². The van der Waals surface area contributed by atoms with Gasteiger partial charge in [0.2, 0.25) is 0 Å². The molecule has 3 aromatic rings. The largest absolute Gasteiger partial charge is 0.478 e. The van der Waals surface area contributed by atoms with Gasteiger partial charge in [-0.2, -0.15) is 13.2 Å². The first-order valence-electron chi connectivity index (χ1n) is 7.00. The number of rotatable bonds is 2. The van der Waals surface area contributed by atoms with Gasteiger partial charge in [0.05, 0.1) is 22.3 Å². The van der Waals surface area contributed by atoms with Crippen LogP contribution in [0.15, 0.2) is 30.3 Å². The minimum Gasteiger partial charge on any atom is -0.478 e. The number of benzene rings is 1.